The maximum absolute atomic E-state index is 12.4. The van der Waals surface area contributed by atoms with Gasteiger partial charge >= 0.3 is 0 Å². The second-order valence-electron chi connectivity index (χ2n) is 7.69. The Morgan fingerprint density at radius 2 is 2.26 bits per heavy atom. The summed E-state index contributed by atoms with van der Waals surface area (Å²) < 4.78 is 11.3. The van der Waals surface area contributed by atoms with Crippen LogP contribution in [-0.2, 0) is 9.53 Å². The van der Waals surface area contributed by atoms with E-state index in [1.54, 1.807) is 6.20 Å². The van der Waals surface area contributed by atoms with Crippen molar-refractivity contribution >= 4 is 11.5 Å². The third-order valence-corrected chi connectivity index (χ3v) is 4.06. The lowest BCUT2D eigenvalue weighted by Gasteiger charge is -2.24. The van der Waals surface area contributed by atoms with E-state index in [-0.39, 0.29) is 23.7 Å². The fourth-order valence-electron chi connectivity index (χ4n) is 2.91. The number of carbonyl (C=O) groups is 1. The zero-order valence-electron chi connectivity index (χ0n) is 16.7. The summed E-state index contributed by atoms with van der Waals surface area (Å²) in [6, 6.07) is -0.223. The van der Waals surface area contributed by atoms with Crippen LogP contribution in [0.5, 0.6) is 0 Å². The van der Waals surface area contributed by atoms with Gasteiger partial charge in [0.2, 0.25) is 5.91 Å². The number of amides is 1. The molecule has 6 heteroatoms. The molecule has 2 rings (SSSR count). The zero-order chi connectivity index (χ0) is 19.9. The maximum atomic E-state index is 12.4. The number of oxazole rings is 1. The highest BCUT2D eigenvalue weighted by molar-refractivity contribution is 5.82. The van der Waals surface area contributed by atoms with E-state index in [1.165, 1.54) is 6.39 Å². The second-order valence-corrected chi connectivity index (χ2v) is 7.69. The Morgan fingerprint density at radius 1 is 1.48 bits per heavy atom. The average Bonchev–Trinajstić information content (AvgIpc) is 3.26. The quantitative estimate of drug-likeness (QED) is 0.684. The van der Waals surface area contributed by atoms with Gasteiger partial charge in [-0.2, -0.15) is 0 Å². The van der Waals surface area contributed by atoms with Crippen LogP contribution >= 0.6 is 0 Å². The smallest absolute Gasteiger partial charge is 0.237 e. The highest BCUT2D eigenvalue weighted by atomic mass is 16.5. The van der Waals surface area contributed by atoms with Gasteiger partial charge in [-0.25, -0.2) is 4.98 Å². The molecule has 1 aromatic rings. The Balaban J connectivity index is 1.80. The molecule has 6 nitrogen and oxygen atoms in total. The lowest BCUT2D eigenvalue weighted by atomic mass is 10.1. The number of allylic oxidation sites excluding steroid dienone is 3. The van der Waals surface area contributed by atoms with Crippen molar-refractivity contribution in [2.75, 3.05) is 13.1 Å². The summed E-state index contributed by atoms with van der Waals surface area (Å²) in [7, 11) is 0. The summed E-state index contributed by atoms with van der Waals surface area (Å²) >= 11 is 0. The standard InChI is InChI=1S/C21H31N3O3/c1-6-7-16(19-13-22-14-26-19)9-8-15(2)11-24-20(25)18-10-17(12-23-18)27-21(3,4)5/h7-9,13-14,17-18,23H,2,6,10-12H2,1,3-5H3,(H,24,25). The summed E-state index contributed by atoms with van der Waals surface area (Å²) in [5.74, 6) is 0.689. The summed E-state index contributed by atoms with van der Waals surface area (Å²) in [5.41, 5.74) is 1.55. The molecule has 1 aliphatic heterocycles. The Kier molecular flexibility index (Phi) is 7.56. The van der Waals surface area contributed by atoms with E-state index < -0.39 is 0 Å². The van der Waals surface area contributed by atoms with Gasteiger partial charge in [0.1, 0.15) is 0 Å². The van der Waals surface area contributed by atoms with Crippen LogP contribution in [0.25, 0.3) is 5.57 Å². The molecule has 2 atom stereocenters. The molecule has 0 radical (unpaired) electrons. The Labute approximate surface area is 161 Å². The van der Waals surface area contributed by atoms with Gasteiger partial charge in [-0.15, -0.1) is 0 Å². The minimum Gasteiger partial charge on any atom is -0.444 e. The summed E-state index contributed by atoms with van der Waals surface area (Å²) in [6.45, 7) is 13.2. The van der Waals surface area contributed by atoms with E-state index in [0.29, 0.717) is 25.3 Å². The minimum atomic E-state index is -0.223. The van der Waals surface area contributed by atoms with Gasteiger partial charge in [-0.3, -0.25) is 4.79 Å². The van der Waals surface area contributed by atoms with Crippen molar-refractivity contribution in [1.82, 2.24) is 15.6 Å². The van der Waals surface area contributed by atoms with Gasteiger partial charge in [-0.1, -0.05) is 31.7 Å². The first-order chi connectivity index (χ1) is 12.8. The Morgan fingerprint density at radius 3 is 2.89 bits per heavy atom. The van der Waals surface area contributed by atoms with Gasteiger partial charge in [0.15, 0.2) is 12.2 Å². The van der Waals surface area contributed by atoms with Crippen molar-refractivity contribution in [1.29, 1.82) is 0 Å². The molecule has 27 heavy (non-hydrogen) atoms. The average molecular weight is 373 g/mol. The minimum absolute atomic E-state index is 0.0240. The number of aromatic nitrogens is 1. The number of carbonyl (C=O) groups excluding carboxylic acids is 1. The summed E-state index contributed by atoms with van der Waals surface area (Å²) in [4.78, 5) is 16.3. The molecule has 148 valence electrons. The fourth-order valence-corrected chi connectivity index (χ4v) is 2.91. The van der Waals surface area contributed by atoms with Crippen molar-refractivity contribution in [2.45, 2.75) is 58.3 Å². The van der Waals surface area contributed by atoms with Gasteiger partial charge in [0.25, 0.3) is 0 Å². The highest BCUT2D eigenvalue weighted by Gasteiger charge is 2.32. The number of ether oxygens (including phenoxy) is 1. The molecule has 0 spiro atoms. The van der Waals surface area contributed by atoms with Crippen LogP contribution in [0, 0.1) is 0 Å². The molecule has 1 aliphatic rings. The van der Waals surface area contributed by atoms with Crippen molar-refractivity contribution in [3.8, 4) is 0 Å². The topological polar surface area (TPSA) is 76.4 Å². The van der Waals surface area contributed by atoms with Crippen LogP contribution in [-0.4, -0.2) is 41.7 Å². The molecule has 1 aromatic heterocycles. The van der Waals surface area contributed by atoms with Crippen molar-refractivity contribution in [3.63, 3.8) is 0 Å². The van der Waals surface area contributed by atoms with Crippen molar-refractivity contribution < 1.29 is 13.9 Å². The van der Waals surface area contributed by atoms with Gasteiger partial charge in [0.05, 0.1) is 23.9 Å². The molecule has 1 fully saturated rings. The van der Waals surface area contributed by atoms with E-state index in [9.17, 15) is 4.79 Å². The molecule has 1 saturated heterocycles. The first-order valence-corrected chi connectivity index (χ1v) is 9.42. The Hall–Kier alpha value is -2.18. The van der Waals surface area contributed by atoms with Gasteiger partial charge in [0, 0.05) is 18.7 Å². The van der Waals surface area contributed by atoms with E-state index in [4.69, 9.17) is 9.15 Å². The molecular weight excluding hydrogens is 342 g/mol. The van der Waals surface area contributed by atoms with Crippen LogP contribution in [0.15, 0.2) is 47.4 Å². The monoisotopic (exact) mass is 373 g/mol. The van der Waals surface area contributed by atoms with Crippen molar-refractivity contribution in [3.05, 3.63) is 48.7 Å². The highest BCUT2D eigenvalue weighted by Crippen LogP contribution is 2.19. The van der Waals surface area contributed by atoms with Gasteiger partial charge < -0.3 is 19.8 Å². The summed E-state index contributed by atoms with van der Waals surface area (Å²) in [5, 5.41) is 6.16. The fraction of sp³-hybridized carbons (Fsp3) is 0.524. The van der Waals surface area contributed by atoms with E-state index in [1.807, 2.05) is 32.9 Å². The molecule has 0 aromatic carbocycles. The lowest BCUT2D eigenvalue weighted by Crippen LogP contribution is -2.40. The SMILES string of the molecule is C=C(C=CC(=CCC)c1cnco1)CNC(=O)C1CC(OC(C)(C)C)CN1. The zero-order valence-corrected chi connectivity index (χ0v) is 16.7. The molecular formula is C21H31N3O3. The van der Waals surface area contributed by atoms with Crippen LogP contribution < -0.4 is 10.6 Å². The first kappa shape index (κ1) is 21.1. The first-order valence-electron chi connectivity index (χ1n) is 9.42. The van der Waals surface area contributed by atoms with Crippen molar-refractivity contribution in [2.24, 2.45) is 0 Å². The normalized spacial score (nSPS) is 21.0. The second kappa shape index (κ2) is 9.67. The number of hydrogen-bond acceptors (Lipinski definition) is 5. The predicted octanol–water partition coefficient (Wildman–Crippen LogP) is 3.24. The van der Waals surface area contributed by atoms with E-state index >= 15 is 0 Å². The van der Waals surface area contributed by atoms with Crippen LogP contribution in [0.1, 0.15) is 46.3 Å². The maximum Gasteiger partial charge on any atom is 0.237 e. The third kappa shape index (κ3) is 7.15. The number of nitrogens with zero attached hydrogens (tertiary/aromatic N) is 1. The Bertz CT molecular complexity index is 684. The van der Waals surface area contributed by atoms with E-state index in [0.717, 1.165) is 17.6 Å². The van der Waals surface area contributed by atoms with Crippen LogP contribution in [0.4, 0.5) is 0 Å². The molecule has 0 aliphatic carbocycles. The molecule has 2 unspecified atom stereocenters. The molecule has 2 heterocycles. The largest absolute Gasteiger partial charge is 0.444 e. The number of rotatable bonds is 8. The molecule has 0 saturated carbocycles. The number of nitrogens with one attached hydrogen (secondary N) is 2. The predicted molar refractivity (Wildman–Crippen MR) is 107 cm³/mol. The van der Waals surface area contributed by atoms with Crippen LogP contribution in [0.2, 0.25) is 0 Å². The van der Waals surface area contributed by atoms with E-state index in [2.05, 4.69) is 35.2 Å². The van der Waals surface area contributed by atoms with Crippen LogP contribution in [0.3, 0.4) is 0 Å². The summed E-state index contributed by atoms with van der Waals surface area (Å²) in [6.07, 6.45) is 10.6. The molecule has 1 amide bonds. The lowest BCUT2D eigenvalue weighted by molar-refractivity contribution is -0.123. The molecule has 0 bridgehead atoms. The number of hydrogen-bond donors (Lipinski definition) is 2. The molecule has 2 N–H and O–H groups in total. The third-order valence-electron chi connectivity index (χ3n) is 4.06. The van der Waals surface area contributed by atoms with Gasteiger partial charge in [-0.05, 0) is 39.2 Å².